The molecule has 3 aromatic carbocycles. The number of sulfonamides is 1. The summed E-state index contributed by atoms with van der Waals surface area (Å²) in [6, 6.07) is 19.1. The average Bonchev–Trinajstić information content (AvgIpc) is 3.16. The number of hydrogen-bond donors (Lipinski definition) is 1. The van der Waals surface area contributed by atoms with Crippen LogP contribution in [0.5, 0.6) is 0 Å². The van der Waals surface area contributed by atoms with Gasteiger partial charge in [0.05, 0.1) is 27.5 Å². The number of hydrogen-bond acceptors (Lipinski definition) is 4. The van der Waals surface area contributed by atoms with Crippen LogP contribution in [-0.4, -0.2) is 31.7 Å². The highest BCUT2D eigenvalue weighted by molar-refractivity contribution is 7.92. The minimum Gasteiger partial charge on any atom is -0.316 e. The van der Waals surface area contributed by atoms with Crippen LogP contribution < -0.4 is 9.73 Å². The molecule has 40 heavy (non-hydrogen) atoms. The number of aryl methyl sites for hydroxylation is 4. The number of nitrogens with zero attached hydrogens (tertiary/aromatic N) is 3. The molecule has 1 heterocycles. The van der Waals surface area contributed by atoms with Crippen LogP contribution in [0.25, 0.3) is 5.69 Å². The molecule has 0 unspecified atom stereocenters. The molecule has 0 fully saturated rings. The number of rotatable bonds is 8. The molecule has 0 aliphatic rings. The van der Waals surface area contributed by atoms with E-state index in [2.05, 4.69) is 10.5 Å². The van der Waals surface area contributed by atoms with E-state index in [1.165, 1.54) is 18.3 Å². The van der Waals surface area contributed by atoms with Gasteiger partial charge >= 0.3 is 0 Å². The fourth-order valence-electron chi connectivity index (χ4n) is 4.53. The second-order valence-electron chi connectivity index (χ2n) is 9.72. The smallest absolute Gasteiger partial charge is 0.264 e. The van der Waals surface area contributed by atoms with E-state index in [0.29, 0.717) is 15.7 Å². The molecule has 0 radical (unpaired) electrons. The van der Waals surface area contributed by atoms with Crippen LogP contribution in [0.15, 0.2) is 76.7 Å². The van der Waals surface area contributed by atoms with E-state index in [0.717, 1.165) is 43.6 Å². The molecule has 1 N–H and O–H groups in total. The van der Waals surface area contributed by atoms with Crippen LogP contribution in [0.3, 0.4) is 0 Å². The monoisotopic (exact) mass is 596 g/mol. The molecule has 0 aliphatic carbocycles. The van der Waals surface area contributed by atoms with E-state index in [1.54, 1.807) is 42.5 Å². The van der Waals surface area contributed by atoms with Crippen molar-refractivity contribution in [1.29, 1.82) is 0 Å². The molecule has 10 heteroatoms. The topological polar surface area (TPSA) is 83.8 Å². The van der Waals surface area contributed by atoms with Crippen LogP contribution in [0.2, 0.25) is 10.0 Å². The Bertz CT molecular complexity index is 1690. The first kappa shape index (κ1) is 29.4. The van der Waals surface area contributed by atoms with E-state index >= 15 is 0 Å². The van der Waals surface area contributed by atoms with Gasteiger partial charge in [-0.2, -0.15) is 5.10 Å². The van der Waals surface area contributed by atoms with Crippen LogP contribution in [0, 0.1) is 34.6 Å². The molecule has 4 rings (SSSR count). The second-order valence-corrected chi connectivity index (χ2v) is 12.4. The number of carbonyl (C=O) groups excluding carboxylic acids is 1. The summed E-state index contributed by atoms with van der Waals surface area (Å²) in [6.07, 6.45) is 1.52. The minimum atomic E-state index is -4.03. The van der Waals surface area contributed by atoms with Crippen molar-refractivity contribution in [2.45, 2.75) is 39.5 Å². The predicted octanol–water partition coefficient (Wildman–Crippen LogP) is 6.67. The lowest BCUT2D eigenvalue weighted by Crippen LogP contribution is -2.39. The van der Waals surface area contributed by atoms with Gasteiger partial charge in [-0.25, -0.2) is 13.8 Å². The van der Waals surface area contributed by atoms with Gasteiger partial charge in [0.25, 0.3) is 15.9 Å². The maximum absolute atomic E-state index is 13.7. The fraction of sp³-hybridized carbons (Fsp3) is 0.200. The molecule has 0 saturated carbocycles. The molecule has 4 aromatic rings. The SMILES string of the molecule is Cc1ccc(S(=O)(=O)N(CC(=O)N/N=C\c2cc(C)n(-c3cc(Cl)ccc3Cl)c2C)c2cc(C)cc(C)c2)cc1. The number of carbonyl (C=O) groups is 1. The number of aromatic nitrogens is 1. The van der Waals surface area contributed by atoms with Crippen molar-refractivity contribution in [3.05, 3.63) is 110 Å². The van der Waals surface area contributed by atoms with Gasteiger partial charge in [-0.1, -0.05) is 47.0 Å². The van der Waals surface area contributed by atoms with Crippen molar-refractivity contribution >= 4 is 51.0 Å². The average molecular weight is 598 g/mol. The Hall–Kier alpha value is -3.59. The van der Waals surface area contributed by atoms with Gasteiger partial charge in [0.15, 0.2) is 0 Å². The largest absolute Gasteiger partial charge is 0.316 e. The quantitative estimate of drug-likeness (QED) is 0.182. The van der Waals surface area contributed by atoms with Crippen molar-refractivity contribution in [3.8, 4) is 5.69 Å². The lowest BCUT2D eigenvalue weighted by molar-refractivity contribution is -0.119. The fourth-order valence-corrected chi connectivity index (χ4v) is 6.31. The van der Waals surface area contributed by atoms with Crippen LogP contribution in [0.1, 0.15) is 33.6 Å². The first-order valence-corrected chi connectivity index (χ1v) is 14.7. The third-order valence-corrected chi connectivity index (χ3v) is 8.75. The molecule has 0 saturated heterocycles. The molecule has 0 spiro atoms. The van der Waals surface area contributed by atoms with Crippen LogP contribution in [0.4, 0.5) is 5.69 Å². The lowest BCUT2D eigenvalue weighted by Gasteiger charge is -2.24. The molecule has 208 valence electrons. The Labute approximate surface area is 245 Å². The Morgan fingerprint density at radius 1 is 0.900 bits per heavy atom. The van der Waals surface area contributed by atoms with Gasteiger partial charge in [0, 0.05) is 22.0 Å². The first-order valence-electron chi connectivity index (χ1n) is 12.5. The van der Waals surface area contributed by atoms with E-state index in [4.69, 9.17) is 23.2 Å². The highest BCUT2D eigenvalue weighted by atomic mass is 35.5. The summed E-state index contributed by atoms with van der Waals surface area (Å²) in [4.78, 5) is 13.1. The van der Waals surface area contributed by atoms with Gasteiger partial charge in [0.2, 0.25) is 0 Å². The molecular weight excluding hydrogens is 567 g/mol. The maximum Gasteiger partial charge on any atom is 0.264 e. The Morgan fingerprint density at radius 3 is 2.20 bits per heavy atom. The van der Waals surface area contributed by atoms with Crippen LogP contribution in [-0.2, 0) is 14.8 Å². The number of halogens is 2. The summed E-state index contributed by atoms with van der Waals surface area (Å²) in [5.41, 5.74) is 8.81. The summed E-state index contributed by atoms with van der Waals surface area (Å²) in [5, 5.41) is 5.22. The molecular formula is C30H30Cl2N4O3S. The van der Waals surface area contributed by atoms with E-state index < -0.39 is 22.5 Å². The summed E-state index contributed by atoms with van der Waals surface area (Å²) in [7, 11) is -4.03. The molecule has 0 atom stereocenters. The normalized spacial score (nSPS) is 11.7. The molecule has 7 nitrogen and oxygen atoms in total. The third-order valence-electron chi connectivity index (χ3n) is 6.40. The molecule has 0 bridgehead atoms. The van der Waals surface area contributed by atoms with Crippen molar-refractivity contribution in [1.82, 2.24) is 9.99 Å². The highest BCUT2D eigenvalue weighted by Gasteiger charge is 2.27. The summed E-state index contributed by atoms with van der Waals surface area (Å²) >= 11 is 12.6. The van der Waals surface area contributed by atoms with Crippen molar-refractivity contribution in [2.24, 2.45) is 5.10 Å². The maximum atomic E-state index is 13.7. The van der Waals surface area contributed by atoms with Gasteiger partial charge in [-0.3, -0.25) is 9.10 Å². The molecule has 1 amide bonds. The zero-order chi connectivity index (χ0) is 29.2. The second kappa shape index (κ2) is 11.9. The van der Waals surface area contributed by atoms with Gasteiger partial charge in [-0.15, -0.1) is 0 Å². The number of amides is 1. The van der Waals surface area contributed by atoms with Crippen molar-refractivity contribution in [3.63, 3.8) is 0 Å². The summed E-state index contributed by atoms with van der Waals surface area (Å²) in [6.45, 7) is 9.02. The van der Waals surface area contributed by atoms with Gasteiger partial charge in [0.1, 0.15) is 6.54 Å². The minimum absolute atomic E-state index is 0.0978. The van der Waals surface area contributed by atoms with Gasteiger partial charge < -0.3 is 4.57 Å². The van der Waals surface area contributed by atoms with Crippen molar-refractivity contribution in [2.75, 3.05) is 10.8 Å². The Morgan fingerprint density at radius 2 is 1.55 bits per heavy atom. The number of hydrazone groups is 1. The molecule has 0 aliphatic heterocycles. The third kappa shape index (κ3) is 6.41. The standard InChI is InChI=1S/C30H30Cl2N4O3S/c1-19-6-9-27(10-7-19)40(38,39)35(26-13-20(2)12-21(3)14-26)18-30(37)34-33-17-24-15-22(4)36(23(24)5)29-16-25(31)8-11-28(29)32/h6-17H,18H2,1-5H3,(H,34,37)/b33-17-. The van der Waals surface area contributed by atoms with Crippen LogP contribution >= 0.6 is 23.2 Å². The van der Waals surface area contributed by atoms with Crippen molar-refractivity contribution < 1.29 is 13.2 Å². The predicted molar refractivity (Wildman–Crippen MR) is 163 cm³/mol. The van der Waals surface area contributed by atoms with Gasteiger partial charge in [-0.05, 0) is 94.3 Å². The highest BCUT2D eigenvalue weighted by Crippen LogP contribution is 2.29. The van der Waals surface area contributed by atoms with E-state index in [-0.39, 0.29) is 4.90 Å². The summed E-state index contributed by atoms with van der Waals surface area (Å²) < 4.78 is 30.4. The molecule has 1 aromatic heterocycles. The zero-order valence-corrected chi connectivity index (χ0v) is 25.2. The lowest BCUT2D eigenvalue weighted by atomic mass is 10.1. The first-order chi connectivity index (χ1) is 18.9. The van der Waals surface area contributed by atoms with E-state index in [9.17, 15) is 13.2 Å². The summed E-state index contributed by atoms with van der Waals surface area (Å²) in [5.74, 6) is -0.585. The Kier molecular flexibility index (Phi) is 8.73. The number of anilines is 1. The number of nitrogens with one attached hydrogen (secondary N) is 1. The zero-order valence-electron chi connectivity index (χ0n) is 22.9. The number of benzene rings is 3. The van der Waals surface area contributed by atoms with E-state index in [1.807, 2.05) is 51.3 Å². The Balaban J connectivity index is 1.59.